The third kappa shape index (κ3) is 2.46. The predicted molar refractivity (Wildman–Crippen MR) is 81.3 cm³/mol. The number of benzene rings is 1. The molecule has 0 saturated carbocycles. The van der Waals surface area contributed by atoms with Crippen molar-refractivity contribution in [1.29, 1.82) is 0 Å². The van der Waals surface area contributed by atoms with Crippen LogP contribution in [0.25, 0.3) is 10.9 Å². The number of aromatic nitrogens is 2. The summed E-state index contributed by atoms with van der Waals surface area (Å²) < 4.78 is 15.0. The topological polar surface area (TPSA) is 64.0 Å². The fourth-order valence-corrected chi connectivity index (χ4v) is 2.26. The van der Waals surface area contributed by atoms with Gasteiger partial charge in [-0.05, 0) is 30.3 Å². The van der Waals surface area contributed by atoms with Gasteiger partial charge in [-0.1, -0.05) is 0 Å². The molecule has 6 heteroatoms. The van der Waals surface area contributed by atoms with Crippen molar-refractivity contribution in [3.63, 3.8) is 0 Å². The summed E-state index contributed by atoms with van der Waals surface area (Å²) in [6.07, 6.45) is 4.49. The molecular weight excluding hydrogens is 285 g/mol. The van der Waals surface area contributed by atoms with Gasteiger partial charge in [0.05, 0.1) is 17.4 Å². The minimum absolute atomic E-state index is 0.0514. The summed E-state index contributed by atoms with van der Waals surface area (Å²) in [4.78, 5) is 28.6. The Labute approximate surface area is 125 Å². The highest BCUT2D eigenvalue weighted by atomic mass is 19.1. The van der Waals surface area contributed by atoms with Gasteiger partial charge in [0.15, 0.2) is 0 Å². The van der Waals surface area contributed by atoms with E-state index < -0.39 is 17.2 Å². The summed E-state index contributed by atoms with van der Waals surface area (Å²) in [6.45, 7) is 0. The van der Waals surface area contributed by atoms with Gasteiger partial charge in [0.25, 0.3) is 5.91 Å². The molecule has 0 aliphatic carbocycles. The number of hydrogen-bond acceptors (Lipinski definition) is 3. The van der Waals surface area contributed by atoms with E-state index in [1.54, 1.807) is 29.9 Å². The van der Waals surface area contributed by atoms with E-state index in [0.29, 0.717) is 11.2 Å². The smallest absolute Gasteiger partial charge is 0.261 e. The lowest BCUT2D eigenvalue weighted by molar-refractivity contribution is 0.102. The fourth-order valence-electron chi connectivity index (χ4n) is 2.26. The van der Waals surface area contributed by atoms with Crippen molar-refractivity contribution >= 4 is 22.5 Å². The van der Waals surface area contributed by atoms with Gasteiger partial charge < -0.3 is 9.88 Å². The van der Waals surface area contributed by atoms with Crippen molar-refractivity contribution in [3.8, 4) is 0 Å². The lowest BCUT2D eigenvalue weighted by Gasteiger charge is -2.09. The number of amides is 1. The fraction of sp³-hybridized carbons (Fsp3) is 0.0625. The highest BCUT2D eigenvalue weighted by Crippen LogP contribution is 2.13. The second-order valence-corrected chi connectivity index (χ2v) is 4.84. The molecule has 110 valence electrons. The molecule has 0 spiro atoms. The summed E-state index contributed by atoms with van der Waals surface area (Å²) in [5.41, 5.74) is 0.483. The number of carbonyl (C=O) groups is 1. The van der Waals surface area contributed by atoms with Crippen molar-refractivity contribution in [1.82, 2.24) is 9.55 Å². The first kappa shape index (κ1) is 13.9. The molecule has 0 bridgehead atoms. The van der Waals surface area contributed by atoms with Gasteiger partial charge in [-0.2, -0.15) is 0 Å². The highest BCUT2D eigenvalue weighted by molar-refractivity contribution is 6.05. The molecule has 1 amide bonds. The van der Waals surface area contributed by atoms with Gasteiger partial charge in [0.1, 0.15) is 11.4 Å². The van der Waals surface area contributed by atoms with Crippen LogP contribution in [0.3, 0.4) is 0 Å². The number of anilines is 1. The number of fused-ring (bicyclic) bond motifs is 1. The van der Waals surface area contributed by atoms with E-state index >= 15 is 0 Å². The molecule has 0 unspecified atom stereocenters. The van der Waals surface area contributed by atoms with Crippen LogP contribution in [0.2, 0.25) is 0 Å². The number of nitrogens with zero attached hydrogens (tertiary/aromatic N) is 2. The molecule has 0 saturated heterocycles. The van der Waals surface area contributed by atoms with Crippen LogP contribution >= 0.6 is 0 Å². The summed E-state index contributed by atoms with van der Waals surface area (Å²) >= 11 is 0. The van der Waals surface area contributed by atoms with E-state index in [1.165, 1.54) is 24.5 Å². The van der Waals surface area contributed by atoms with Crippen LogP contribution in [-0.4, -0.2) is 15.5 Å². The number of rotatable bonds is 2. The summed E-state index contributed by atoms with van der Waals surface area (Å²) in [5.74, 6) is -1.07. The highest BCUT2D eigenvalue weighted by Gasteiger charge is 2.15. The first-order valence-corrected chi connectivity index (χ1v) is 6.56. The van der Waals surface area contributed by atoms with Crippen LogP contribution in [0.5, 0.6) is 0 Å². The molecule has 0 aliphatic rings. The van der Waals surface area contributed by atoms with Crippen LogP contribution in [0.1, 0.15) is 10.4 Å². The Balaban J connectivity index is 2.09. The largest absolute Gasteiger partial charge is 0.350 e. The van der Waals surface area contributed by atoms with Crippen LogP contribution < -0.4 is 10.7 Å². The van der Waals surface area contributed by atoms with E-state index in [-0.39, 0.29) is 10.9 Å². The minimum Gasteiger partial charge on any atom is -0.350 e. The third-order valence-corrected chi connectivity index (χ3v) is 3.31. The quantitative estimate of drug-likeness (QED) is 0.789. The Morgan fingerprint density at radius 2 is 2.14 bits per heavy atom. The van der Waals surface area contributed by atoms with E-state index in [0.717, 1.165) is 6.07 Å². The first-order chi connectivity index (χ1) is 10.6. The van der Waals surface area contributed by atoms with Crippen molar-refractivity contribution in [2.45, 2.75) is 0 Å². The SMILES string of the molecule is Cn1cc(C(=O)Nc2cccnc2)c(=O)c2cc(F)ccc21. The number of pyridine rings is 2. The predicted octanol–water partition coefficient (Wildman–Crippen LogP) is 2.32. The standard InChI is InChI=1S/C16H12FN3O2/c1-20-9-13(16(22)19-11-3-2-6-18-8-11)15(21)12-7-10(17)4-5-14(12)20/h2-9H,1H3,(H,19,22). The molecule has 2 heterocycles. The first-order valence-electron chi connectivity index (χ1n) is 6.56. The lowest BCUT2D eigenvalue weighted by atomic mass is 10.1. The molecule has 2 aromatic heterocycles. The Morgan fingerprint density at radius 3 is 2.86 bits per heavy atom. The van der Waals surface area contributed by atoms with Crippen LogP contribution in [0.15, 0.2) is 53.7 Å². The van der Waals surface area contributed by atoms with Crippen LogP contribution in [-0.2, 0) is 7.05 Å². The van der Waals surface area contributed by atoms with E-state index in [4.69, 9.17) is 0 Å². The van der Waals surface area contributed by atoms with Gasteiger partial charge >= 0.3 is 0 Å². The maximum absolute atomic E-state index is 13.4. The van der Waals surface area contributed by atoms with Crippen LogP contribution in [0, 0.1) is 5.82 Å². The Hall–Kier alpha value is -3.02. The third-order valence-electron chi connectivity index (χ3n) is 3.31. The van der Waals surface area contributed by atoms with Crippen LogP contribution in [0.4, 0.5) is 10.1 Å². The second-order valence-electron chi connectivity index (χ2n) is 4.84. The zero-order valence-corrected chi connectivity index (χ0v) is 11.7. The molecule has 1 N–H and O–H groups in total. The maximum atomic E-state index is 13.4. The van der Waals surface area contributed by atoms with Gasteiger partial charge in [0, 0.05) is 24.8 Å². The van der Waals surface area contributed by atoms with Crippen molar-refractivity contribution in [3.05, 3.63) is 70.5 Å². The molecule has 3 aromatic rings. The number of halogens is 1. The maximum Gasteiger partial charge on any atom is 0.261 e. The van der Waals surface area contributed by atoms with E-state index in [2.05, 4.69) is 10.3 Å². The second kappa shape index (κ2) is 5.40. The number of aryl methyl sites for hydroxylation is 1. The minimum atomic E-state index is -0.556. The summed E-state index contributed by atoms with van der Waals surface area (Å²) in [6, 6.07) is 7.25. The molecule has 1 aromatic carbocycles. The lowest BCUT2D eigenvalue weighted by Crippen LogP contribution is -2.23. The summed E-state index contributed by atoms with van der Waals surface area (Å²) in [5, 5.41) is 2.76. The Kier molecular flexibility index (Phi) is 3.42. The van der Waals surface area contributed by atoms with E-state index in [1.807, 2.05) is 0 Å². The number of carbonyl (C=O) groups excluding carboxylic acids is 1. The number of nitrogens with one attached hydrogen (secondary N) is 1. The zero-order valence-electron chi connectivity index (χ0n) is 11.7. The van der Waals surface area contributed by atoms with E-state index in [9.17, 15) is 14.0 Å². The zero-order chi connectivity index (χ0) is 15.7. The molecule has 3 rings (SSSR count). The molecule has 0 atom stereocenters. The molecule has 5 nitrogen and oxygen atoms in total. The molecule has 0 radical (unpaired) electrons. The average Bonchev–Trinajstić information content (AvgIpc) is 2.51. The normalized spacial score (nSPS) is 10.6. The van der Waals surface area contributed by atoms with Crippen molar-refractivity contribution in [2.24, 2.45) is 7.05 Å². The number of hydrogen-bond donors (Lipinski definition) is 1. The summed E-state index contributed by atoms with van der Waals surface area (Å²) in [7, 11) is 1.69. The van der Waals surface area contributed by atoms with Gasteiger partial charge in [-0.25, -0.2) is 4.39 Å². The van der Waals surface area contributed by atoms with Gasteiger partial charge in [0.2, 0.25) is 5.43 Å². The molecule has 0 fully saturated rings. The molecule has 0 aliphatic heterocycles. The average molecular weight is 297 g/mol. The van der Waals surface area contributed by atoms with Gasteiger partial charge in [-0.15, -0.1) is 0 Å². The Bertz CT molecular complexity index is 920. The molecular formula is C16H12FN3O2. The van der Waals surface area contributed by atoms with Gasteiger partial charge in [-0.3, -0.25) is 14.6 Å². The molecule has 22 heavy (non-hydrogen) atoms. The Morgan fingerprint density at radius 1 is 1.32 bits per heavy atom. The van der Waals surface area contributed by atoms with Crippen molar-refractivity contribution in [2.75, 3.05) is 5.32 Å². The monoisotopic (exact) mass is 297 g/mol. The van der Waals surface area contributed by atoms with Crippen molar-refractivity contribution < 1.29 is 9.18 Å².